The summed E-state index contributed by atoms with van der Waals surface area (Å²) in [4.78, 5) is 28.3. The standard InChI is InChI=1S/C31H43NO7/c1-18-12-15-24(33)27-25(37-31(7,8)38-27)11-9-10-21-17-23(16-19(2)26(21)28(34)36-20(18)3)32(22-13-14-22)29(35)39-30(4,5)6/h9-10,12,15-18,20,22,24-25,27,33H,11,13-14H2,1-8H3/b10-9+,15-12-/t18-,20+,24?,25+,27-/m1/s1. The average molecular weight is 542 g/mol. The number of fused-ring (bicyclic) bond motifs is 2. The highest BCUT2D eigenvalue weighted by atomic mass is 16.8. The van der Waals surface area contributed by atoms with Crippen LogP contribution in [0.1, 0.15) is 89.2 Å². The molecule has 1 N–H and O–H groups in total. The van der Waals surface area contributed by atoms with E-state index >= 15 is 0 Å². The molecule has 214 valence electrons. The summed E-state index contributed by atoms with van der Waals surface area (Å²) < 4.78 is 23.8. The molecule has 1 aliphatic carbocycles. The van der Waals surface area contributed by atoms with Gasteiger partial charge in [0.15, 0.2) is 5.79 Å². The van der Waals surface area contributed by atoms with Crippen molar-refractivity contribution in [2.24, 2.45) is 5.92 Å². The van der Waals surface area contributed by atoms with Crippen molar-refractivity contribution >= 4 is 23.8 Å². The third-order valence-corrected chi connectivity index (χ3v) is 7.20. The first-order valence-corrected chi connectivity index (χ1v) is 13.9. The molecular formula is C31H43NO7. The molecule has 1 aromatic carbocycles. The highest BCUT2D eigenvalue weighted by Gasteiger charge is 2.43. The second-order valence-corrected chi connectivity index (χ2v) is 12.4. The molecule has 39 heavy (non-hydrogen) atoms. The van der Waals surface area contributed by atoms with Gasteiger partial charge in [0.2, 0.25) is 0 Å². The molecule has 8 heteroatoms. The molecule has 1 saturated heterocycles. The summed E-state index contributed by atoms with van der Waals surface area (Å²) in [6, 6.07) is 3.77. The van der Waals surface area contributed by atoms with Gasteiger partial charge in [-0.05, 0) is 91.0 Å². The number of nitrogens with zero attached hydrogens (tertiary/aromatic N) is 1. The molecule has 1 amide bonds. The Hall–Kier alpha value is -2.68. The fraction of sp³-hybridized carbons (Fsp3) is 0.613. The van der Waals surface area contributed by atoms with Gasteiger partial charge in [0.25, 0.3) is 0 Å². The summed E-state index contributed by atoms with van der Waals surface area (Å²) >= 11 is 0. The van der Waals surface area contributed by atoms with Gasteiger partial charge in [-0.2, -0.15) is 0 Å². The number of aliphatic hydroxyl groups is 1. The van der Waals surface area contributed by atoms with Crippen LogP contribution in [-0.4, -0.2) is 59.0 Å². The molecule has 0 bridgehead atoms. The Morgan fingerprint density at radius 2 is 1.82 bits per heavy atom. The van der Waals surface area contributed by atoms with Crippen LogP contribution in [0.25, 0.3) is 6.08 Å². The summed E-state index contributed by atoms with van der Waals surface area (Å²) in [6.07, 6.45) is 6.95. The summed E-state index contributed by atoms with van der Waals surface area (Å²) in [5, 5.41) is 10.9. The van der Waals surface area contributed by atoms with Crippen LogP contribution in [0, 0.1) is 12.8 Å². The van der Waals surface area contributed by atoms with Crippen molar-refractivity contribution < 1.29 is 33.6 Å². The molecule has 8 nitrogen and oxygen atoms in total. The largest absolute Gasteiger partial charge is 0.458 e. The smallest absolute Gasteiger partial charge is 0.415 e. The Labute approximate surface area is 231 Å². The first-order valence-electron chi connectivity index (χ1n) is 13.9. The predicted molar refractivity (Wildman–Crippen MR) is 150 cm³/mol. The summed E-state index contributed by atoms with van der Waals surface area (Å²) in [5.41, 5.74) is 1.86. The monoisotopic (exact) mass is 541 g/mol. The van der Waals surface area contributed by atoms with Crippen LogP contribution in [0.15, 0.2) is 30.4 Å². The Balaban J connectivity index is 1.75. The van der Waals surface area contributed by atoms with Crippen LogP contribution in [0.3, 0.4) is 0 Å². The van der Waals surface area contributed by atoms with Crippen molar-refractivity contribution in [1.29, 1.82) is 0 Å². The topological polar surface area (TPSA) is 94.5 Å². The van der Waals surface area contributed by atoms with Crippen molar-refractivity contribution in [3.8, 4) is 0 Å². The lowest BCUT2D eigenvalue weighted by Crippen LogP contribution is -2.38. The molecule has 2 heterocycles. The lowest BCUT2D eigenvalue weighted by Gasteiger charge is -2.28. The van der Waals surface area contributed by atoms with E-state index in [1.807, 2.05) is 85.8 Å². The van der Waals surface area contributed by atoms with Crippen LogP contribution in [0.4, 0.5) is 10.5 Å². The minimum Gasteiger partial charge on any atom is -0.458 e. The quantitative estimate of drug-likeness (QED) is 0.366. The Morgan fingerprint density at radius 1 is 1.13 bits per heavy atom. The highest BCUT2D eigenvalue weighted by Crippen LogP contribution is 2.37. The van der Waals surface area contributed by atoms with E-state index in [2.05, 4.69) is 0 Å². The molecule has 2 aliphatic heterocycles. The number of hydrogen-bond donors (Lipinski definition) is 1. The van der Waals surface area contributed by atoms with Crippen LogP contribution in [0.2, 0.25) is 0 Å². The third-order valence-electron chi connectivity index (χ3n) is 7.20. The third kappa shape index (κ3) is 7.10. The van der Waals surface area contributed by atoms with E-state index in [0.717, 1.165) is 12.8 Å². The van der Waals surface area contributed by atoms with Crippen LogP contribution >= 0.6 is 0 Å². The van der Waals surface area contributed by atoms with Crippen LogP contribution in [-0.2, 0) is 18.9 Å². The number of amides is 1. The van der Waals surface area contributed by atoms with E-state index in [9.17, 15) is 14.7 Å². The van der Waals surface area contributed by atoms with Gasteiger partial charge in [0.1, 0.15) is 23.9 Å². The lowest BCUT2D eigenvalue weighted by atomic mass is 9.97. The molecular weight excluding hydrogens is 498 g/mol. The Kier molecular flexibility index (Phi) is 8.31. The van der Waals surface area contributed by atoms with Crippen molar-refractivity contribution in [3.05, 3.63) is 47.1 Å². The van der Waals surface area contributed by atoms with Gasteiger partial charge in [0, 0.05) is 17.6 Å². The molecule has 1 unspecified atom stereocenters. The fourth-order valence-corrected chi connectivity index (χ4v) is 5.01. The summed E-state index contributed by atoms with van der Waals surface area (Å²) in [7, 11) is 0. The number of carbonyl (C=O) groups excluding carboxylic acids is 2. The van der Waals surface area contributed by atoms with Crippen molar-refractivity contribution in [1.82, 2.24) is 0 Å². The van der Waals surface area contributed by atoms with Gasteiger partial charge in [0.05, 0.1) is 11.7 Å². The highest BCUT2D eigenvalue weighted by molar-refractivity contribution is 5.98. The Morgan fingerprint density at radius 3 is 2.46 bits per heavy atom. The Bertz CT molecular complexity index is 1140. The molecule has 3 aliphatic rings. The van der Waals surface area contributed by atoms with Gasteiger partial charge >= 0.3 is 12.1 Å². The average Bonchev–Trinajstić information content (AvgIpc) is 3.57. The number of aryl methyl sites for hydroxylation is 1. The van der Waals surface area contributed by atoms with Crippen molar-refractivity contribution in [2.75, 3.05) is 4.90 Å². The first kappa shape index (κ1) is 29.3. The molecule has 0 radical (unpaired) electrons. The minimum atomic E-state index is -0.875. The molecule has 1 aromatic rings. The summed E-state index contributed by atoms with van der Waals surface area (Å²) in [6.45, 7) is 14.8. The zero-order valence-electron chi connectivity index (χ0n) is 24.4. The summed E-state index contributed by atoms with van der Waals surface area (Å²) in [5.74, 6) is -1.40. The number of benzene rings is 1. The van der Waals surface area contributed by atoms with Gasteiger partial charge in [-0.25, -0.2) is 9.59 Å². The maximum atomic E-state index is 13.5. The minimum absolute atomic E-state index is 0.0629. The van der Waals surface area contributed by atoms with E-state index < -0.39 is 41.8 Å². The number of cyclic esters (lactones) is 1. The maximum absolute atomic E-state index is 13.5. The molecule has 4 rings (SSSR count). The van der Waals surface area contributed by atoms with E-state index in [4.69, 9.17) is 18.9 Å². The fourth-order valence-electron chi connectivity index (χ4n) is 5.01. The number of anilines is 1. The van der Waals surface area contributed by atoms with Gasteiger partial charge in [-0.1, -0.05) is 31.2 Å². The van der Waals surface area contributed by atoms with Gasteiger partial charge in [-0.3, -0.25) is 4.90 Å². The number of esters is 1. The number of carbonyl (C=O) groups is 2. The van der Waals surface area contributed by atoms with E-state index in [0.29, 0.717) is 28.8 Å². The number of ether oxygens (including phenoxy) is 4. The van der Waals surface area contributed by atoms with E-state index in [1.54, 1.807) is 11.0 Å². The van der Waals surface area contributed by atoms with E-state index in [1.165, 1.54) is 0 Å². The zero-order valence-corrected chi connectivity index (χ0v) is 24.4. The normalized spacial score (nSPS) is 30.8. The lowest BCUT2D eigenvalue weighted by molar-refractivity contribution is -0.152. The van der Waals surface area contributed by atoms with E-state index in [-0.39, 0.29) is 18.1 Å². The first-order chi connectivity index (χ1) is 18.1. The second-order valence-electron chi connectivity index (χ2n) is 12.4. The van der Waals surface area contributed by atoms with Crippen molar-refractivity contribution in [2.45, 2.75) is 116 Å². The van der Waals surface area contributed by atoms with Gasteiger partial charge < -0.3 is 24.1 Å². The maximum Gasteiger partial charge on any atom is 0.415 e. The number of rotatable bonds is 2. The van der Waals surface area contributed by atoms with Crippen molar-refractivity contribution in [3.63, 3.8) is 0 Å². The predicted octanol–water partition coefficient (Wildman–Crippen LogP) is 5.93. The second kappa shape index (κ2) is 11.1. The molecule has 0 spiro atoms. The number of hydrogen-bond acceptors (Lipinski definition) is 7. The molecule has 0 aromatic heterocycles. The zero-order chi connectivity index (χ0) is 28.7. The SMILES string of the molecule is Cc1cc(N(C(=O)OC(C)(C)C)C2CC2)cc2c1C(=O)O[C@@H](C)[C@H](C)/C=C\C(O)[C@H]1OC(C)(C)O[C@H]1C/C=C/2. The number of aliphatic hydroxyl groups excluding tert-OH is 1. The molecule has 1 saturated carbocycles. The van der Waals surface area contributed by atoms with Gasteiger partial charge in [-0.15, -0.1) is 0 Å². The molecule has 5 atom stereocenters. The molecule has 2 fully saturated rings. The van der Waals surface area contributed by atoms with Crippen LogP contribution < -0.4 is 4.90 Å². The van der Waals surface area contributed by atoms with Crippen LogP contribution in [0.5, 0.6) is 0 Å².